The van der Waals surface area contributed by atoms with Crippen LogP contribution in [0.25, 0.3) is 0 Å². The van der Waals surface area contributed by atoms with Crippen molar-refractivity contribution in [3.63, 3.8) is 0 Å². The molecule has 2 aromatic rings. The second-order valence-electron chi connectivity index (χ2n) is 8.39. The number of hydrogen-bond acceptors (Lipinski definition) is 3. The van der Waals surface area contributed by atoms with Gasteiger partial charge in [-0.3, -0.25) is 9.80 Å². The molecule has 3 nitrogen and oxygen atoms in total. The molecule has 2 saturated heterocycles. The fourth-order valence-corrected chi connectivity index (χ4v) is 4.58. The summed E-state index contributed by atoms with van der Waals surface area (Å²) in [6.07, 6.45) is 3.47. The monoisotopic (exact) mass is 435 g/mol. The lowest BCUT2D eigenvalue weighted by Gasteiger charge is -2.43. The summed E-state index contributed by atoms with van der Waals surface area (Å²) in [7, 11) is 0. The van der Waals surface area contributed by atoms with Gasteiger partial charge >= 0.3 is 0 Å². The zero-order valence-corrected chi connectivity index (χ0v) is 18.3. The van der Waals surface area contributed by atoms with E-state index < -0.39 is 0 Å². The van der Waals surface area contributed by atoms with Gasteiger partial charge in [-0.2, -0.15) is 0 Å². The van der Waals surface area contributed by atoms with Crippen molar-refractivity contribution in [1.29, 1.82) is 0 Å². The maximum Gasteiger partial charge on any atom is 0.123 e. The van der Waals surface area contributed by atoms with Crippen LogP contribution < -0.4 is 0 Å². The minimum atomic E-state index is -0.164. The zero-order valence-electron chi connectivity index (χ0n) is 17.5. The lowest BCUT2D eigenvalue weighted by Crippen LogP contribution is -2.53. The molecule has 0 aromatic heterocycles. The van der Waals surface area contributed by atoms with Crippen LogP contribution in [0.2, 0.25) is 0 Å². The lowest BCUT2D eigenvalue weighted by atomic mass is 10.0. The third kappa shape index (κ3) is 6.48. The van der Waals surface area contributed by atoms with E-state index in [0.717, 1.165) is 58.8 Å². The first-order valence-corrected chi connectivity index (χ1v) is 10.8. The molecule has 2 heterocycles. The molecular weight excluding hydrogens is 404 g/mol. The van der Waals surface area contributed by atoms with Gasteiger partial charge in [0.25, 0.3) is 0 Å². The van der Waals surface area contributed by atoms with Crippen molar-refractivity contribution in [2.45, 2.75) is 31.8 Å². The van der Waals surface area contributed by atoms with Crippen LogP contribution in [0.5, 0.6) is 0 Å². The van der Waals surface area contributed by atoms with Gasteiger partial charge in [0.15, 0.2) is 0 Å². The molecule has 2 fully saturated rings. The first kappa shape index (κ1) is 23.1. The molecule has 0 unspecified atom stereocenters. The first-order chi connectivity index (χ1) is 14.2. The number of rotatable bonds is 6. The molecule has 164 valence electrons. The first-order valence-electron chi connectivity index (χ1n) is 10.8. The molecule has 0 amide bonds. The summed E-state index contributed by atoms with van der Waals surface area (Å²) in [4.78, 5) is 7.69. The van der Waals surface area contributed by atoms with Crippen molar-refractivity contribution >= 4 is 12.4 Å². The number of piperazine rings is 1. The average Bonchev–Trinajstić information content (AvgIpc) is 2.76. The minimum absolute atomic E-state index is 0. The second-order valence-corrected chi connectivity index (χ2v) is 8.39. The van der Waals surface area contributed by atoms with E-state index in [0.29, 0.717) is 6.04 Å². The van der Waals surface area contributed by atoms with Gasteiger partial charge in [-0.05, 0) is 67.7 Å². The summed E-state index contributed by atoms with van der Waals surface area (Å²) in [5, 5.41) is 0. The van der Waals surface area contributed by atoms with Crippen molar-refractivity contribution in [2.75, 3.05) is 45.8 Å². The molecule has 0 bridgehead atoms. The zero-order chi connectivity index (χ0) is 20.1. The summed E-state index contributed by atoms with van der Waals surface area (Å²) in [6, 6.07) is 14.5. The number of halogens is 3. The SMILES string of the molecule is Cl.Fc1ccc(CCN2CCC(N3CCN(Cc4ccc(F)cc4)CC3)CC2)cc1. The third-order valence-electron chi connectivity index (χ3n) is 6.43. The summed E-state index contributed by atoms with van der Waals surface area (Å²) < 4.78 is 26.1. The Balaban J connectivity index is 0.00000256. The van der Waals surface area contributed by atoms with Crippen LogP contribution in [0, 0.1) is 11.6 Å². The van der Waals surface area contributed by atoms with E-state index in [-0.39, 0.29) is 24.0 Å². The molecule has 2 aromatic carbocycles. The number of benzene rings is 2. The lowest BCUT2D eigenvalue weighted by molar-refractivity contribution is 0.0569. The van der Waals surface area contributed by atoms with Crippen LogP contribution in [-0.4, -0.2) is 66.6 Å². The van der Waals surface area contributed by atoms with Crippen LogP contribution in [-0.2, 0) is 13.0 Å². The standard InChI is InChI=1S/C24H31F2N3.ClH/c25-22-5-1-20(2-6-22)9-12-27-13-10-24(11-14-27)29-17-15-28(16-18-29)19-21-3-7-23(26)8-4-21;/h1-8,24H,9-19H2;1H. The molecule has 30 heavy (non-hydrogen) atoms. The molecule has 2 aliphatic heterocycles. The third-order valence-corrected chi connectivity index (χ3v) is 6.43. The van der Waals surface area contributed by atoms with Gasteiger partial charge in [0.2, 0.25) is 0 Å². The highest BCUT2D eigenvalue weighted by atomic mass is 35.5. The molecule has 0 aliphatic carbocycles. The van der Waals surface area contributed by atoms with Crippen LogP contribution in [0.3, 0.4) is 0 Å². The van der Waals surface area contributed by atoms with E-state index in [9.17, 15) is 8.78 Å². The summed E-state index contributed by atoms with van der Waals surface area (Å²) in [6.45, 7) is 8.70. The predicted octanol–water partition coefficient (Wildman–Crippen LogP) is 4.21. The largest absolute Gasteiger partial charge is 0.303 e. The Hall–Kier alpha value is -1.53. The molecule has 6 heteroatoms. The maximum absolute atomic E-state index is 13.1. The highest BCUT2D eigenvalue weighted by Crippen LogP contribution is 2.19. The summed E-state index contributed by atoms with van der Waals surface area (Å²) in [5.74, 6) is -0.324. The van der Waals surface area contributed by atoms with E-state index >= 15 is 0 Å². The van der Waals surface area contributed by atoms with Crippen LogP contribution in [0.15, 0.2) is 48.5 Å². The van der Waals surface area contributed by atoms with E-state index in [4.69, 9.17) is 0 Å². The molecule has 0 spiro atoms. The van der Waals surface area contributed by atoms with Gasteiger partial charge in [0, 0.05) is 45.3 Å². The average molecular weight is 436 g/mol. The molecule has 0 N–H and O–H groups in total. The predicted molar refractivity (Wildman–Crippen MR) is 120 cm³/mol. The Kier molecular flexibility index (Phi) is 8.63. The van der Waals surface area contributed by atoms with Crippen molar-refractivity contribution in [3.05, 3.63) is 71.3 Å². The molecule has 0 atom stereocenters. The van der Waals surface area contributed by atoms with Crippen molar-refractivity contribution in [2.24, 2.45) is 0 Å². The number of nitrogens with zero attached hydrogens (tertiary/aromatic N) is 3. The van der Waals surface area contributed by atoms with Crippen LogP contribution in [0.4, 0.5) is 8.78 Å². The summed E-state index contributed by atoms with van der Waals surface area (Å²) >= 11 is 0. The normalized spacial score (nSPS) is 19.5. The van der Waals surface area contributed by atoms with Crippen molar-refractivity contribution in [1.82, 2.24) is 14.7 Å². The number of piperidine rings is 1. The van der Waals surface area contributed by atoms with Crippen LogP contribution >= 0.6 is 12.4 Å². The van der Waals surface area contributed by atoms with Gasteiger partial charge in [0.05, 0.1) is 0 Å². The topological polar surface area (TPSA) is 9.72 Å². The minimum Gasteiger partial charge on any atom is -0.303 e. The van der Waals surface area contributed by atoms with Gasteiger partial charge in [-0.15, -0.1) is 12.4 Å². The Bertz CT molecular complexity index is 753. The maximum atomic E-state index is 13.1. The smallest absolute Gasteiger partial charge is 0.123 e. The van der Waals surface area contributed by atoms with E-state index in [1.165, 1.54) is 24.0 Å². The highest BCUT2D eigenvalue weighted by molar-refractivity contribution is 5.85. The van der Waals surface area contributed by atoms with Crippen LogP contribution in [0.1, 0.15) is 24.0 Å². The molecular formula is C24H32ClF2N3. The Morgan fingerprint density at radius 3 is 1.77 bits per heavy atom. The number of likely N-dealkylation sites (tertiary alicyclic amines) is 1. The van der Waals surface area contributed by atoms with Crippen molar-refractivity contribution in [3.8, 4) is 0 Å². The number of hydrogen-bond donors (Lipinski definition) is 0. The quantitative estimate of drug-likeness (QED) is 0.673. The Morgan fingerprint density at radius 2 is 1.20 bits per heavy atom. The fourth-order valence-electron chi connectivity index (χ4n) is 4.58. The molecule has 2 aliphatic rings. The Labute approximate surface area is 185 Å². The second kappa shape index (κ2) is 11.2. The molecule has 4 rings (SSSR count). The van der Waals surface area contributed by atoms with E-state index in [1.54, 1.807) is 24.3 Å². The van der Waals surface area contributed by atoms with Gasteiger partial charge in [-0.25, -0.2) is 8.78 Å². The molecule has 0 saturated carbocycles. The summed E-state index contributed by atoms with van der Waals surface area (Å²) in [5.41, 5.74) is 2.40. The van der Waals surface area contributed by atoms with Crippen molar-refractivity contribution < 1.29 is 8.78 Å². The van der Waals surface area contributed by atoms with Gasteiger partial charge < -0.3 is 4.90 Å². The molecule has 0 radical (unpaired) electrons. The van der Waals surface area contributed by atoms with E-state index in [1.807, 2.05) is 24.3 Å². The van der Waals surface area contributed by atoms with E-state index in [2.05, 4.69) is 14.7 Å². The van der Waals surface area contributed by atoms with Gasteiger partial charge in [0.1, 0.15) is 11.6 Å². The fraction of sp³-hybridized carbons (Fsp3) is 0.500. The Morgan fingerprint density at radius 1 is 0.667 bits per heavy atom. The van der Waals surface area contributed by atoms with Gasteiger partial charge in [-0.1, -0.05) is 24.3 Å². The highest BCUT2D eigenvalue weighted by Gasteiger charge is 2.27.